The molecular formula is C19H27N9S. The first-order valence-corrected chi connectivity index (χ1v) is 10.8. The number of fused-ring (bicyclic) bond motifs is 1. The molecule has 1 atom stereocenters. The smallest absolute Gasteiger partial charge is 0.192 e. The third-order valence-corrected chi connectivity index (χ3v) is 6.05. The van der Waals surface area contributed by atoms with Crippen molar-refractivity contribution >= 4 is 17.3 Å². The van der Waals surface area contributed by atoms with Crippen LogP contribution in [-0.4, -0.2) is 48.1 Å². The van der Waals surface area contributed by atoms with Crippen molar-refractivity contribution in [1.82, 2.24) is 40.2 Å². The maximum absolute atomic E-state index is 4.77. The van der Waals surface area contributed by atoms with Crippen molar-refractivity contribution in [2.45, 2.75) is 52.2 Å². The van der Waals surface area contributed by atoms with Crippen molar-refractivity contribution in [3.63, 3.8) is 0 Å². The summed E-state index contributed by atoms with van der Waals surface area (Å²) in [4.78, 5) is 10.6. The quantitative estimate of drug-likeness (QED) is 0.468. The summed E-state index contributed by atoms with van der Waals surface area (Å²) in [5.41, 5.74) is 0. The van der Waals surface area contributed by atoms with E-state index in [4.69, 9.17) is 4.99 Å². The number of rotatable bonds is 6. The second-order valence-corrected chi connectivity index (χ2v) is 8.31. The highest BCUT2D eigenvalue weighted by Crippen LogP contribution is 2.13. The first kappa shape index (κ1) is 19.6. The SMILES string of the molecule is Cc1nc2n(n1)CC(NC(=NCc1nnc(C)n1C)NCCc1cccs1)CC2. The normalized spacial score (nSPS) is 16.7. The molecule has 9 nitrogen and oxygen atoms in total. The van der Waals surface area contributed by atoms with Gasteiger partial charge < -0.3 is 15.2 Å². The predicted molar refractivity (Wildman–Crippen MR) is 113 cm³/mol. The zero-order chi connectivity index (χ0) is 20.2. The van der Waals surface area contributed by atoms with Crippen molar-refractivity contribution in [2.24, 2.45) is 12.0 Å². The molecule has 0 spiro atoms. The molecule has 2 N–H and O–H groups in total. The van der Waals surface area contributed by atoms with Crippen LogP contribution >= 0.6 is 11.3 Å². The Kier molecular flexibility index (Phi) is 5.89. The fourth-order valence-electron chi connectivity index (χ4n) is 3.39. The third-order valence-electron chi connectivity index (χ3n) is 5.11. The van der Waals surface area contributed by atoms with Crippen LogP contribution in [0.4, 0.5) is 0 Å². The van der Waals surface area contributed by atoms with E-state index in [-0.39, 0.29) is 6.04 Å². The Bertz CT molecular complexity index is 970. The molecule has 1 aliphatic rings. The maximum Gasteiger partial charge on any atom is 0.192 e. The molecule has 0 amide bonds. The van der Waals surface area contributed by atoms with Gasteiger partial charge in [-0.25, -0.2) is 14.7 Å². The lowest BCUT2D eigenvalue weighted by molar-refractivity contribution is 0.392. The third kappa shape index (κ3) is 4.81. The highest BCUT2D eigenvalue weighted by Gasteiger charge is 2.21. The molecular weight excluding hydrogens is 386 g/mol. The number of hydrogen-bond acceptors (Lipinski definition) is 6. The second-order valence-electron chi connectivity index (χ2n) is 7.28. The van der Waals surface area contributed by atoms with E-state index in [1.54, 1.807) is 11.3 Å². The van der Waals surface area contributed by atoms with E-state index in [0.717, 1.165) is 61.6 Å². The molecule has 0 aromatic carbocycles. The largest absolute Gasteiger partial charge is 0.356 e. The molecule has 0 fully saturated rings. The highest BCUT2D eigenvalue weighted by atomic mass is 32.1. The van der Waals surface area contributed by atoms with Gasteiger partial charge in [0, 0.05) is 30.9 Å². The van der Waals surface area contributed by atoms with Crippen LogP contribution in [0.25, 0.3) is 0 Å². The molecule has 3 aromatic rings. The summed E-state index contributed by atoms with van der Waals surface area (Å²) in [5.74, 6) is 4.43. The van der Waals surface area contributed by atoms with Gasteiger partial charge in [0.2, 0.25) is 0 Å². The van der Waals surface area contributed by atoms with Crippen LogP contribution in [0.3, 0.4) is 0 Å². The van der Waals surface area contributed by atoms with Crippen molar-refractivity contribution < 1.29 is 0 Å². The topological polar surface area (TPSA) is 97.8 Å². The first-order valence-electron chi connectivity index (χ1n) is 9.91. The minimum absolute atomic E-state index is 0.262. The van der Waals surface area contributed by atoms with Crippen molar-refractivity contribution in [3.8, 4) is 0 Å². The van der Waals surface area contributed by atoms with Gasteiger partial charge in [-0.05, 0) is 38.1 Å². The van der Waals surface area contributed by atoms with E-state index in [1.165, 1.54) is 4.88 Å². The molecule has 29 heavy (non-hydrogen) atoms. The molecule has 0 bridgehead atoms. The average Bonchev–Trinajstić information content (AvgIpc) is 3.41. The van der Waals surface area contributed by atoms with Crippen LogP contribution in [0.2, 0.25) is 0 Å². The molecule has 0 aliphatic carbocycles. The van der Waals surface area contributed by atoms with Gasteiger partial charge in [0.15, 0.2) is 11.8 Å². The Balaban J connectivity index is 1.42. The number of nitrogens with zero attached hydrogens (tertiary/aromatic N) is 7. The fraction of sp³-hybridized carbons (Fsp3) is 0.526. The summed E-state index contributed by atoms with van der Waals surface area (Å²) in [7, 11) is 1.97. The number of thiophene rings is 1. The lowest BCUT2D eigenvalue weighted by Gasteiger charge is -2.25. The molecule has 0 saturated heterocycles. The molecule has 0 saturated carbocycles. The van der Waals surface area contributed by atoms with Gasteiger partial charge in [-0.2, -0.15) is 5.10 Å². The van der Waals surface area contributed by atoms with Gasteiger partial charge in [-0.15, -0.1) is 21.5 Å². The summed E-state index contributed by atoms with van der Waals surface area (Å²) in [6, 6.07) is 4.51. The van der Waals surface area contributed by atoms with Crippen molar-refractivity contribution in [1.29, 1.82) is 0 Å². The van der Waals surface area contributed by atoms with E-state index >= 15 is 0 Å². The van der Waals surface area contributed by atoms with Crippen LogP contribution in [0.5, 0.6) is 0 Å². The van der Waals surface area contributed by atoms with Gasteiger partial charge >= 0.3 is 0 Å². The zero-order valence-electron chi connectivity index (χ0n) is 17.1. The van der Waals surface area contributed by atoms with Crippen LogP contribution in [0.1, 0.15) is 34.6 Å². The van der Waals surface area contributed by atoms with Crippen LogP contribution in [0.15, 0.2) is 22.5 Å². The monoisotopic (exact) mass is 413 g/mol. The Hall–Kier alpha value is -2.75. The lowest BCUT2D eigenvalue weighted by Crippen LogP contribution is -2.47. The summed E-state index contributed by atoms with van der Waals surface area (Å²) in [6.07, 6.45) is 2.90. The van der Waals surface area contributed by atoms with Crippen LogP contribution in [-0.2, 0) is 33.0 Å². The van der Waals surface area contributed by atoms with Gasteiger partial charge in [-0.3, -0.25) is 0 Å². The minimum Gasteiger partial charge on any atom is -0.356 e. The summed E-state index contributed by atoms with van der Waals surface area (Å²) >= 11 is 1.78. The minimum atomic E-state index is 0.262. The fourth-order valence-corrected chi connectivity index (χ4v) is 4.10. The van der Waals surface area contributed by atoms with Gasteiger partial charge in [0.1, 0.15) is 24.0 Å². The number of aryl methyl sites for hydroxylation is 3. The predicted octanol–water partition coefficient (Wildman–Crippen LogP) is 1.38. The first-order chi connectivity index (χ1) is 14.1. The van der Waals surface area contributed by atoms with E-state index < -0.39 is 0 Å². The summed E-state index contributed by atoms with van der Waals surface area (Å²) in [6.45, 7) is 5.98. The van der Waals surface area contributed by atoms with E-state index in [2.05, 4.69) is 48.4 Å². The van der Waals surface area contributed by atoms with Crippen LogP contribution in [0, 0.1) is 13.8 Å². The highest BCUT2D eigenvalue weighted by molar-refractivity contribution is 7.09. The number of guanidine groups is 1. The molecule has 4 heterocycles. The number of hydrogen-bond donors (Lipinski definition) is 2. The number of nitrogens with one attached hydrogen (secondary N) is 2. The van der Waals surface area contributed by atoms with E-state index in [0.29, 0.717) is 6.54 Å². The van der Waals surface area contributed by atoms with Gasteiger partial charge in [-0.1, -0.05) is 6.07 Å². The Morgan fingerprint density at radius 1 is 1.34 bits per heavy atom. The molecule has 0 radical (unpaired) electrons. The Labute approximate surface area is 174 Å². The summed E-state index contributed by atoms with van der Waals surface area (Å²) in [5, 5.41) is 22.0. The standard InChI is InChI=1S/C19H27N9S/c1-13-22-17-7-6-15(12-28(17)26-13)23-19(20-9-8-16-5-4-10-29-16)21-11-18-25-24-14(2)27(18)3/h4-5,10,15H,6-9,11-12H2,1-3H3,(H2,20,21,23). The van der Waals surface area contributed by atoms with E-state index in [9.17, 15) is 0 Å². The number of aliphatic imine (C=N–C) groups is 1. The Morgan fingerprint density at radius 2 is 2.24 bits per heavy atom. The zero-order valence-corrected chi connectivity index (χ0v) is 17.9. The van der Waals surface area contributed by atoms with Crippen molar-refractivity contribution in [2.75, 3.05) is 6.54 Å². The second kappa shape index (κ2) is 8.73. The average molecular weight is 414 g/mol. The van der Waals surface area contributed by atoms with Crippen molar-refractivity contribution in [3.05, 3.63) is 45.7 Å². The molecule has 3 aromatic heterocycles. The maximum atomic E-state index is 4.77. The lowest BCUT2D eigenvalue weighted by atomic mass is 10.1. The Morgan fingerprint density at radius 3 is 3.00 bits per heavy atom. The van der Waals surface area contributed by atoms with E-state index in [1.807, 2.05) is 30.1 Å². The number of aromatic nitrogens is 6. The van der Waals surface area contributed by atoms with Gasteiger partial charge in [0.25, 0.3) is 0 Å². The molecule has 1 unspecified atom stereocenters. The molecule has 4 rings (SSSR count). The van der Waals surface area contributed by atoms with Gasteiger partial charge in [0.05, 0.1) is 6.54 Å². The molecule has 154 valence electrons. The summed E-state index contributed by atoms with van der Waals surface area (Å²) < 4.78 is 3.98. The van der Waals surface area contributed by atoms with Crippen LogP contribution < -0.4 is 10.6 Å². The molecule has 1 aliphatic heterocycles. The molecule has 10 heteroatoms.